The van der Waals surface area contributed by atoms with E-state index in [1.165, 1.54) is 11.3 Å². The lowest BCUT2D eigenvalue weighted by Gasteiger charge is -2.08. The molecule has 0 aliphatic carbocycles. The van der Waals surface area contributed by atoms with Gasteiger partial charge in [0.15, 0.2) is 11.5 Å². The van der Waals surface area contributed by atoms with Crippen molar-refractivity contribution in [2.75, 3.05) is 33.3 Å². The number of amides is 1. The highest BCUT2D eigenvalue weighted by Gasteiger charge is 2.21. The van der Waals surface area contributed by atoms with Crippen LogP contribution in [0.4, 0.5) is 5.69 Å². The Labute approximate surface area is 190 Å². The zero-order valence-electron chi connectivity index (χ0n) is 18.4. The number of nitrogens with one attached hydrogen (secondary N) is 1. The number of anilines is 1. The van der Waals surface area contributed by atoms with E-state index >= 15 is 0 Å². The largest absolute Gasteiger partial charge is 0.493 e. The molecule has 1 N–H and O–H groups in total. The Hall–Kier alpha value is -3.36. The minimum atomic E-state index is -0.491. The van der Waals surface area contributed by atoms with Gasteiger partial charge in [-0.15, -0.1) is 11.3 Å². The van der Waals surface area contributed by atoms with Crippen molar-refractivity contribution >= 4 is 28.9 Å². The summed E-state index contributed by atoms with van der Waals surface area (Å²) in [5.41, 5.74) is 2.65. The van der Waals surface area contributed by atoms with Crippen molar-refractivity contribution in [2.45, 2.75) is 13.5 Å². The first-order valence-corrected chi connectivity index (χ1v) is 10.7. The summed E-state index contributed by atoms with van der Waals surface area (Å²) in [5.74, 6) is 0.354. The lowest BCUT2D eigenvalue weighted by molar-refractivity contribution is 0.0533. The number of rotatable bonds is 9. The number of carbonyl (C=O) groups excluding carboxylic acids is 2. The monoisotopic (exact) mass is 455 g/mol. The third-order valence-corrected chi connectivity index (χ3v) is 5.80. The molecule has 0 aliphatic rings. The highest BCUT2D eigenvalue weighted by molar-refractivity contribution is 7.18. The van der Waals surface area contributed by atoms with E-state index in [2.05, 4.69) is 5.32 Å². The first-order valence-electron chi connectivity index (χ1n) is 9.93. The molecule has 1 heterocycles. The van der Waals surface area contributed by atoms with Gasteiger partial charge in [-0.25, -0.2) is 4.79 Å². The number of benzene rings is 2. The molecule has 0 aliphatic heterocycles. The molecule has 3 aromatic rings. The fourth-order valence-electron chi connectivity index (χ4n) is 3.08. The van der Waals surface area contributed by atoms with Gasteiger partial charge in [0.2, 0.25) is 0 Å². The summed E-state index contributed by atoms with van der Waals surface area (Å²) >= 11 is 1.24. The van der Waals surface area contributed by atoms with E-state index in [0.29, 0.717) is 34.2 Å². The minimum absolute atomic E-state index is 0.233. The van der Waals surface area contributed by atoms with Crippen LogP contribution < -0.4 is 14.8 Å². The van der Waals surface area contributed by atoms with Gasteiger partial charge in [-0.05, 0) is 54.4 Å². The Kier molecular flexibility index (Phi) is 7.86. The molecule has 0 spiro atoms. The van der Waals surface area contributed by atoms with Gasteiger partial charge in [0, 0.05) is 17.6 Å². The molecule has 0 saturated heterocycles. The molecule has 0 unspecified atom stereocenters. The molecular formula is C24H25NO6S. The summed E-state index contributed by atoms with van der Waals surface area (Å²) in [6.45, 7) is 2.44. The highest BCUT2D eigenvalue weighted by atomic mass is 32.1. The Morgan fingerprint density at radius 3 is 2.28 bits per heavy atom. The molecule has 0 bridgehead atoms. The van der Waals surface area contributed by atoms with Crippen LogP contribution in [0.5, 0.6) is 11.5 Å². The van der Waals surface area contributed by atoms with E-state index in [1.807, 2.05) is 24.3 Å². The summed E-state index contributed by atoms with van der Waals surface area (Å²) in [7, 11) is 4.74. The maximum atomic E-state index is 12.8. The van der Waals surface area contributed by atoms with Crippen LogP contribution >= 0.6 is 11.3 Å². The van der Waals surface area contributed by atoms with Crippen molar-refractivity contribution in [3.63, 3.8) is 0 Å². The van der Waals surface area contributed by atoms with Gasteiger partial charge < -0.3 is 24.3 Å². The summed E-state index contributed by atoms with van der Waals surface area (Å²) in [6.07, 6.45) is 0. The average Bonchev–Trinajstić information content (AvgIpc) is 3.23. The van der Waals surface area contributed by atoms with E-state index in [0.717, 1.165) is 16.0 Å². The van der Waals surface area contributed by atoms with Gasteiger partial charge in [-0.2, -0.15) is 0 Å². The van der Waals surface area contributed by atoms with Crippen molar-refractivity contribution in [1.29, 1.82) is 0 Å². The van der Waals surface area contributed by atoms with Gasteiger partial charge in [0.1, 0.15) is 4.88 Å². The van der Waals surface area contributed by atoms with Gasteiger partial charge in [-0.1, -0.05) is 12.1 Å². The van der Waals surface area contributed by atoms with Crippen molar-refractivity contribution in [2.24, 2.45) is 0 Å². The van der Waals surface area contributed by atoms with Crippen LogP contribution in [0.1, 0.15) is 32.5 Å². The van der Waals surface area contributed by atoms with Crippen LogP contribution in [0, 0.1) is 0 Å². The molecular weight excluding hydrogens is 430 g/mol. The molecule has 0 radical (unpaired) electrons. The van der Waals surface area contributed by atoms with Crippen LogP contribution in [0.3, 0.4) is 0 Å². The van der Waals surface area contributed by atoms with Crippen LogP contribution in [-0.2, 0) is 16.1 Å². The third kappa shape index (κ3) is 5.27. The molecule has 32 heavy (non-hydrogen) atoms. The number of esters is 1. The fourth-order valence-corrected chi connectivity index (χ4v) is 4.08. The van der Waals surface area contributed by atoms with Crippen molar-refractivity contribution in [3.05, 3.63) is 64.5 Å². The molecule has 7 nitrogen and oxygen atoms in total. The Balaban J connectivity index is 1.93. The Morgan fingerprint density at radius 1 is 0.938 bits per heavy atom. The van der Waals surface area contributed by atoms with Crippen molar-refractivity contribution < 1.29 is 28.5 Å². The lowest BCUT2D eigenvalue weighted by atomic mass is 10.1. The minimum Gasteiger partial charge on any atom is -0.493 e. The Bertz CT molecular complexity index is 1090. The number of hydrogen-bond donors (Lipinski definition) is 1. The molecule has 0 saturated carbocycles. The standard InChI is InChI=1S/C24H25NO6S/c1-5-31-24(27)22-18(25-23(26)16-8-6-15(7-9-16)14-28-2)13-21(32-22)17-10-11-19(29-3)20(12-17)30-4/h6-13H,5,14H2,1-4H3,(H,25,26). The van der Waals surface area contributed by atoms with Gasteiger partial charge in [-0.3, -0.25) is 4.79 Å². The van der Waals surface area contributed by atoms with E-state index < -0.39 is 5.97 Å². The van der Waals surface area contributed by atoms with E-state index in [-0.39, 0.29) is 12.5 Å². The molecule has 0 atom stereocenters. The third-order valence-electron chi connectivity index (χ3n) is 4.64. The predicted molar refractivity (Wildman–Crippen MR) is 124 cm³/mol. The maximum absolute atomic E-state index is 12.8. The van der Waals surface area contributed by atoms with Crippen LogP contribution in [0.15, 0.2) is 48.5 Å². The normalized spacial score (nSPS) is 10.5. The predicted octanol–water partition coefficient (Wildman–Crippen LogP) is 5.01. The number of carbonyl (C=O) groups is 2. The molecule has 8 heteroatoms. The first-order chi connectivity index (χ1) is 15.5. The summed E-state index contributed by atoms with van der Waals surface area (Å²) in [5, 5.41) is 2.84. The van der Waals surface area contributed by atoms with Gasteiger partial charge in [0.05, 0.1) is 33.1 Å². The molecule has 3 rings (SSSR count). The van der Waals surface area contributed by atoms with Gasteiger partial charge in [0.25, 0.3) is 5.91 Å². The quantitative estimate of drug-likeness (QED) is 0.457. The SMILES string of the molecule is CCOC(=O)c1sc(-c2ccc(OC)c(OC)c2)cc1NC(=O)c1ccc(COC)cc1. The van der Waals surface area contributed by atoms with E-state index in [1.54, 1.807) is 52.5 Å². The molecule has 0 fully saturated rings. The number of ether oxygens (including phenoxy) is 4. The van der Waals surface area contributed by atoms with E-state index in [4.69, 9.17) is 18.9 Å². The lowest BCUT2D eigenvalue weighted by Crippen LogP contribution is -2.14. The smallest absolute Gasteiger partial charge is 0.350 e. The number of methoxy groups -OCH3 is 3. The summed E-state index contributed by atoms with van der Waals surface area (Å²) < 4.78 is 21.0. The zero-order valence-corrected chi connectivity index (χ0v) is 19.2. The second-order valence-corrected chi connectivity index (χ2v) is 7.78. The van der Waals surface area contributed by atoms with Crippen molar-refractivity contribution in [1.82, 2.24) is 0 Å². The van der Waals surface area contributed by atoms with Gasteiger partial charge >= 0.3 is 5.97 Å². The summed E-state index contributed by atoms with van der Waals surface area (Å²) in [4.78, 5) is 26.5. The fraction of sp³-hybridized carbons (Fsp3) is 0.250. The number of thiophene rings is 1. The number of hydrogen-bond acceptors (Lipinski definition) is 7. The molecule has 168 valence electrons. The topological polar surface area (TPSA) is 83.1 Å². The highest BCUT2D eigenvalue weighted by Crippen LogP contribution is 2.39. The van der Waals surface area contributed by atoms with Crippen LogP contribution in [-0.4, -0.2) is 39.8 Å². The molecule has 2 aromatic carbocycles. The molecule has 1 amide bonds. The Morgan fingerprint density at radius 2 is 1.66 bits per heavy atom. The second kappa shape index (κ2) is 10.8. The average molecular weight is 456 g/mol. The van der Waals surface area contributed by atoms with E-state index in [9.17, 15) is 9.59 Å². The van der Waals surface area contributed by atoms with Crippen LogP contribution in [0.25, 0.3) is 10.4 Å². The van der Waals surface area contributed by atoms with Crippen LogP contribution in [0.2, 0.25) is 0 Å². The molecule has 1 aromatic heterocycles. The first kappa shape index (κ1) is 23.3. The summed E-state index contributed by atoms with van der Waals surface area (Å²) in [6, 6.07) is 14.3. The van der Waals surface area contributed by atoms with Crippen molar-refractivity contribution in [3.8, 4) is 21.9 Å². The maximum Gasteiger partial charge on any atom is 0.350 e. The zero-order chi connectivity index (χ0) is 23.1. The second-order valence-electron chi connectivity index (χ2n) is 6.73.